The van der Waals surface area contributed by atoms with E-state index in [4.69, 9.17) is 10.00 Å². The lowest BCUT2D eigenvalue weighted by atomic mass is 10.3. The SMILES string of the molecule is CCNc1c(C#N)c(N=COCC)nn1C. The van der Waals surface area contributed by atoms with E-state index in [1.807, 2.05) is 13.8 Å². The Morgan fingerprint density at radius 1 is 1.62 bits per heavy atom. The number of anilines is 1. The number of nitrogens with one attached hydrogen (secondary N) is 1. The highest BCUT2D eigenvalue weighted by Gasteiger charge is 2.14. The van der Waals surface area contributed by atoms with E-state index in [0.717, 1.165) is 6.54 Å². The first kappa shape index (κ1) is 12.0. The Labute approximate surface area is 94.5 Å². The fourth-order valence-corrected chi connectivity index (χ4v) is 1.24. The van der Waals surface area contributed by atoms with Gasteiger partial charge in [-0.3, -0.25) is 0 Å². The zero-order valence-electron chi connectivity index (χ0n) is 9.69. The average Bonchev–Trinajstić information content (AvgIpc) is 2.56. The standard InChI is InChI=1S/C10H15N5O/c1-4-12-10-8(6-11)9(14-15(10)3)13-7-16-5-2/h7,12H,4-5H2,1-3H3. The maximum Gasteiger partial charge on any atom is 0.196 e. The van der Waals surface area contributed by atoms with Gasteiger partial charge in [-0.15, -0.1) is 5.10 Å². The minimum atomic E-state index is 0.370. The van der Waals surface area contributed by atoms with Crippen LogP contribution in [0.4, 0.5) is 11.6 Å². The quantitative estimate of drug-likeness (QED) is 0.602. The predicted molar refractivity (Wildman–Crippen MR) is 61.9 cm³/mol. The van der Waals surface area contributed by atoms with Gasteiger partial charge < -0.3 is 10.1 Å². The highest BCUT2D eigenvalue weighted by Crippen LogP contribution is 2.24. The van der Waals surface area contributed by atoms with Crippen molar-refractivity contribution < 1.29 is 4.74 Å². The topological polar surface area (TPSA) is 75.2 Å². The van der Waals surface area contributed by atoms with Crippen LogP contribution in [0.2, 0.25) is 0 Å². The summed E-state index contributed by atoms with van der Waals surface area (Å²) in [7, 11) is 1.76. The van der Waals surface area contributed by atoms with Crippen LogP contribution in [0.3, 0.4) is 0 Å². The van der Waals surface area contributed by atoms with Crippen LogP contribution in [0, 0.1) is 11.3 Å². The predicted octanol–water partition coefficient (Wildman–Crippen LogP) is 1.42. The van der Waals surface area contributed by atoms with Gasteiger partial charge in [0.05, 0.1) is 6.61 Å². The zero-order valence-corrected chi connectivity index (χ0v) is 9.69. The fraction of sp³-hybridized carbons (Fsp3) is 0.500. The van der Waals surface area contributed by atoms with Gasteiger partial charge in [0.2, 0.25) is 0 Å². The molecular weight excluding hydrogens is 206 g/mol. The number of rotatable bonds is 5. The Balaban J connectivity index is 3.02. The number of hydrogen-bond acceptors (Lipinski definition) is 5. The van der Waals surface area contributed by atoms with E-state index in [2.05, 4.69) is 21.5 Å². The third-order valence-electron chi connectivity index (χ3n) is 1.90. The van der Waals surface area contributed by atoms with Crippen LogP contribution in [-0.2, 0) is 11.8 Å². The molecule has 0 aromatic carbocycles. The van der Waals surface area contributed by atoms with E-state index >= 15 is 0 Å². The van der Waals surface area contributed by atoms with Gasteiger partial charge in [-0.25, -0.2) is 4.68 Å². The molecule has 0 spiro atoms. The molecule has 6 heteroatoms. The van der Waals surface area contributed by atoms with Crippen molar-refractivity contribution in [1.82, 2.24) is 9.78 Å². The highest BCUT2D eigenvalue weighted by atomic mass is 16.5. The molecule has 0 amide bonds. The van der Waals surface area contributed by atoms with Crippen LogP contribution in [0.1, 0.15) is 19.4 Å². The molecule has 0 saturated heterocycles. The van der Waals surface area contributed by atoms with Crippen molar-refractivity contribution in [2.75, 3.05) is 18.5 Å². The third-order valence-corrected chi connectivity index (χ3v) is 1.90. The molecule has 0 radical (unpaired) electrons. The van der Waals surface area contributed by atoms with Gasteiger partial charge in [-0.2, -0.15) is 10.3 Å². The van der Waals surface area contributed by atoms with Crippen molar-refractivity contribution >= 4 is 18.0 Å². The molecule has 86 valence electrons. The maximum atomic E-state index is 9.04. The van der Waals surface area contributed by atoms with Crippen molar-refractivity contribution in [2.24, 2.45) is 12.0 Å². The van der Waals surface area contributed by atoms with Crippen molar-refractivity contribution in [3.63, 3.8) is 0 Å². The molecule has 0 atom stereocenters. The summed E-state index contributed by atoms with van der Waals surface area (Å²) in [5.41, 5.74) is 0.431. The monoisotopic (exact) mass is 221 g/mol. The number of aromatic nitrogens is 2. The van der Waals surface area contributed by atoms with Gasteiger partial charge in [0.1, 0.15) is 17.5 Å². The summed E-state index contributed by atoms with van der Waals surface area (Å²) in [6.45, 7) is 5.08. The largest absolute Gasteiger partial charge is 0.483 e. The van der Waals surface area contributed by atoms with Gasteiger partial charge in [-0.05, 0) is 13.8 Å². The van der Waals surface area contributed by atoms with Gasteiger partial charge >= 0.3 is 0 Å². The molecule has 0 fully saturated rings. The van der Waals surface area contributed by atoms with Crippen molar-refractivity contribution in [1.29, 1.82) is 5.26 Å². The molecule has 16 heavy (non-hydrogen) atoms. The summed E-state index contributed by atoms with van der Waals surface area (Å²) < 4.78 is 6.57. The second kappa shape index (κ2) is 5.75. The van der Waals surface area contributed by atoms with E-state index in [-0.39, 0.29) is 0 Å². The molecule has 6 nitrogen and oxygen atoms in total. The van der Waals surface area contributed by atoms with Gasteiger partial charge in [0, 0.05) is 13.6 Å². The second-order valence-corrected chi connectivity index (χ2v) is 3.00. The normalized spacial score (nSPS) is 10.4. The number of aliphatic imine (C=N–C) groups is 1. The molecule has 0 aliphatic heterocycles. The van der Waals surface area contributed by atoms with Crippen LogP contribution in [0.25, 0.3) is 0 Å². The van der Waals surface area contributed by atoms with E-state index in [9.17, 15) is 0 Å². The molecule has 0 bridgehead atoms. The fourth-order valence-electron chi connectivity index (χ4n) is 1.24. The lowest BCUT2D eigenvalue weighted by Crippen LogP contribution is -2.04. The summed E-state index contributed by atoms with van der Waals surface area (Å²) in [6.07, 6.45) is 1.30. The Morgan fingerprint density at radius 2 is 2.38 bits per heavy atom. The van der Waals surface area contributed by atoms with Crippen LogP contribution in [-0.4, -0.2) is 29.3 Å². The Kier molecular flexibility index (Phi) is 4.33. The minimum absolute atomic E-state index is 0.370. The first-order valence-corrected chi connectivity index (χ1v) is 5.09. The van der Waals surface area contributed by atoms with Crippen molar-refractivity contribution in [3.05, 3.63) is 5.56 Å². The van der Waals surface area contributed by atoms with Crippen molar-refractivity contribution in [3.8, 4) is 6.07 Å². The third kappa shape index (κ3) is 2.51. The number of hydrogen-bond donors (Lipinski definition) is 1. The molecule has 1 aromatic rings. The maximum absolute atomic E-state index is 9.04. The molecule has 0 aliphatic rings. The van der Waals surface area contributed by atoms with E-state index in [1.54, 1.807) is 11.7 Å². The number of aryl methyl sites for hydroxylation is 1. The van der Waals surface area contributed by atoms with Crippen LogP contribution >= 0.6 is 0 Å². The molecule has 0 aliphatic carbocycles. The minimum Gasteiger partial charge on any atom is -0.483 e. The van der Waals surface area contributed by atoms with E-state index in [0.29, 0.717) is 23.8 Å². The first-order valence-electron chi connectivity index (χ1n) is 5.09. The van der Waals surface area contributed by atoms with Crippen molar-refractivity contribution in [2.45, 2.75) is 13.8 Å². The summed E-state index contributed by atoms with van der Waals surface area (Å²) in [6, 6.07) is 2.08. The molecule has 1 rings (SSSR count). The van der Waals surface area contributed by atoms with Crippen LogP contribution in [0.15, 0.2) is 4.99 Å². The van der Waals surface area contributed by atoms with E-state index < -0.39 is 0 Å². The second-order valence-electron chi connectivity index (χ2n) is 3.00. The summed E-state index contributed by atoms with van der Waals surface area (Å²) in [5, 5.41) is 16.2. The summed E-state index contributed by atoms with van der Waals surface area (Å²) >= 11 is 0. The van der Waals surface area contributed by atoms with Gasteiger partial charge in [0.15, 0.2) is 12.2 Å². The molecule has 0 unspecified atom stereocenters. The van der Waals surface area contributed by atoms with Gasteiger partial charge in [-0.1, -0.05) is 0 Å². The van der Waals surface area contributed by atoms with Gasteiger partial charge in [0.25, 0.3) is 0 Å². The molecule has 0 saturated carbocycles. The Morgan fingerprint density at radius 3 is 2.94 bits per heavy atom. The molecule has 1 aromatic heterocycles. The average molecular weight is 221 g/mol. The summed E-state index contributed by atoms with van der Waals surface area (Å²) in [5.74, 6) is 1.04. The first-order chi connectivity index (χ1) is 7.74. The lowest BCUT2D eigenvalue weighted by molar-refractivity contribution is 0.344. The molecule has 1 N–H and O–H groups in total. The van der Waals surface area contributed by atoms with Crippen LogP contribution in [0.5, 0.6) is 0 Å². The Bertz CT molecular complexity index is 416. The Hall–Kier alpha value is -2.03. The molecular formula is C10H15N5O. The number of nitriles is 1. The van der Waals surface area contributed by atoms with E-state index in [1.165, 1.54) is 6.40 Å². The number of nitrogens with zero attached hydrogens (tertiary/aromatic N) is 4. The van der Waals surface area contributed by atoms with Crippen LogP contribution < -0.4 is 5.32 Å². The lowest BCUT2D eigenvalue weighted by Gasteiger charge is -2.01. The zero-order chi connectivity index (χ0) is 12.0. The highest BCUT2D eigenvalue weighted by molar-refractivity contribution is 5.67. The summed E-state index contributed by atoms with van der Waals surface area (Å²) in [4.78, 5) is 3.99. The molecule has 1 heterocycles. The smallest absolute Gasteiger partial charge is 0.196 e. The number of ether oxygens (including phenoxy) is 1.